The maximum Gasteiger partial charge on any atom is 0.359 e. The standard InChI is InChI=1S/C22H25N3O4/c1-5-28-21(26)18-19(22(27)29-6-2)25-12-8-11-17(20(25)24-18)23-13-16-14(3)9-7-10-15(16)4/h7-12,23H,5-6,13H2,1-4H3. The van der Waals surface area contributed by atoms with Crippen LogP contribution in [0, 0.1) is 13.8 Å². The van der Waals surface area contributed by atoms with Gasteiger partial charge in [0.05, 0.1) is 18.9 Å². The van der Waals surface area contributed by atoms with Gasteiger partial charge in [0, 0.05) is 12.7 Å². The van der Waals surface area contributed by atoms with Crippen molar-refractivity contribution in [3.05, 3.63) is 64.6 Å². The monoisotopic (exact) mass is 395 g/mol. The molecule has 7 heteroatoms. The van der Waals surface area contributed by atoms with Crippen molar-refractivity contribution >= 4 is 23.3 Å². The van der Waals surface area contributed by atoms with Crippen LogP contribution in [0.25, 0.3) is 5.65 Å². The van der Waals surface area contributed by atoms with Gasteiger partial charge in [-0.05, 0) is 56.5 Å². The summed E-state index contributed by atoms with van der Waals surface area (Å²) in [5, 5.41) is 3.38. The van der Waals surface area contributed by atoms with Crippen molar-refractivity contribution in [1.82, 2.24) is 9.38 Å². The largest absolute Gasteiger partial charge is 0.461 e. The molecular weight excluding hydrogens is 370 g/mol. The van der Waals surface area contributed by atoms with Crippen molar-refractivity contribution in [2.75, 3.05) is 18.5 Å². The quantitative estimate of drug-likeness (QED) is 0.611. The molecule has 2 heterocycles. The van der Waals surface area contributed by atoms with E-state index in [2.05, 4.69) is 36.3 Å². The number of nitrogens with one attached hydrogen (secondary N) is 1. The van der Waals surface area contributed by atoms with Crippen molar-refractivity contribution < 1.29 is 19.1 Å². The van der Waals surface area contributed by atoms with Crippen LogP contribution < -0.4 is 5.32 Å². The highest BCUT2D eigenvalue weighted by Crippen LogP contribution is 2.23. The minimum absolute atomic E-state index is 0.0494. The molecule has 0 radical (unpaired) electrons. The van der Waals surface area contributed by atoms with Gasteiger partial charge in [-0.25, -0.2) is 14.6 Å². The Bertz CT molecular complexity index is 1040. The summed E-state index contributed by atoms with van der Waals surface area (Å²) in [4.78, 5) is 29.3. The summed E-state index contributed by atoms with van der Waals surface area (Å²) < 4.78 is 11.8. The predicted molar refractivity (Wildman–Crippen MR) is 110 cm³/mol. The van der Waals surface area contributed by atoms with Crippen LogP contribution in [0.2, 0.25) is 0 Å². The van der Waals surface area contributed by atoms with Crippen molar-refractivity contribution in [3.8, 4) is 0 Å². The van der Waals surface area contributed by atoms with Gasteiger partial charge in [-0.15, -0.1) is 0 Å². The molecule has 0 aliphatic heterocycles. The first-order valence-corrected chi connectivity index (χ1v) is 9.62. The first kappa shape index (κ1) is 20.4. The zero-order chi connectivity index (χ0) is 21.0. The molecule has 3 rings (SSSR count). The van der Waals surface area contributed by atoms with Crippen molar-refractivity contribution in [2.24, 2.45) is 0 Å². The lowest BCUT2D eigenvalue weighted by molar-refractivity contribution is 0.0470. The minimum atomic E-state index is -0.653. The lowest BCUT2D eigenvalue weighted by Gasteiger charge is -2.12. The zero-order valence-electron chi connectivity index (χ0n) is 17.1. The molecule has 0 spiro atoms. The molecule has 0 aliphatic carbocycles. The molecule has 7 nitrogen and oxygen atoms in total. The predicted octanol–water partition coefficient (Wildman–Crippen LogP) is 3.92. The number of nitrogens with zero attached hydrogens (tertiary/aromatic N) is 2. The van der Waals surface area contributed by atoms with Crippen LogP contribution >= 0.6 is 0 Å². The fraction of sp³-hybridized carbons (Fsp3) is 0.318. The van der Waals surface area contributed by atoms with Crippen LogP contribution in [-0.4, -0.2) is 34.5 Å². The van der Waals surface area contributed by atoms with Gasteiger partial charge in [-0.3, -0.25) is 4.40 Å². The van der Waals surface area contributed by atoms with Crippen LogP contribution in [0.1, 0.15) is 51.5 Å². The smallest absolute Gasteiger partial charge is 0.359 e. The average molecular weight is 395 g/mol. The van der Waals surface area contributed by atoms with Crippen LogP contribution in [0.3, 0.4) is 0 Å². The van der Waals surface area contributed by atoms with Crippen LogP contribution in [0.15, 0.2) is 36.5 Å². The number of esters is 2. The second-order valence-electron chi connectivity index (χ2n) is 6.59. The summed E-state index contributed by atoms with van der Waals surface area (Å²) in [5.74, 6) is -1.27. The van der Waals surface area contributed by atoms with Gasteiger partial charge < -0.3 is 14.8 Å². The van der Waals surface area contributed by atoms with Gasteiger partial charge in [0.15, 0.2) is 17.0 Å². The second kappa shape index (κ2) is 8.77. The Morgan fingerprint density at radius 2 is 1.66 bits per heavy atom. The molecule has 0 saturated carbocycles. The molecule has 0 aliphatic rings. The number of rotatable bonds is 7. The number of hydrogen-bond donors (Lipinski definition) is 1. The van der Waals surface area contributed by atoms with Gasteiger partial charge in [0.2, 0.25) is 0 Å². The number of aromatic nitrogens is 2. The molecule has 152 valence electrons. The molecule has 3 aromatic rings. The molecular formula is C22H25N3O4. The van der Waals surface area contributed by atoms with Gasteiger partial charge in [-0.2, -0.15) is 0 Å². The molecule has 1 aromatic carbocycles. The van der Waals surface area contributed by atoms with Crippen LogP contribution in [0.4, 0.5) is 5.69 Å². The summed E-state index contributed by atoms with van der Waals surface area (Å²) in [7, 11) is 0. The number of carbonyl (C=O) groups excluding carboxylic acids is 2. The molecule has 0 amide bonds. The third-order valence-electron chi connectivity index (χ3n) is 4.69. The van der Waals surface area contributed by atoms with Gasteiger partial charge >= 0.3 is 11.9 Å². The van der Waals surface area contributed by atoms with Gasteiger partial charge in [0.1, 0.15) is 0 Å². The summed E-state index contributed by atoms with van der Waals surface area (Å²) in [5.41, 5.74) is 4.75. The molecule has 0 saturated heterocycles. The fourth-order valence-electron chi connectivity index (χ4n) is 3.25. The van der Waals surface area contributed by atoms with Crippen molar-refractivity contribution in [1.29, 1.82) is 0 Å². The molecule has 2 aromatic heterocycles. The molecule has 0 fully saturated rings. The Balaban J connectivity index is 2.04. The normalized spacial score (nSPS) is 10.8. The number of fused-ring (bicyclic) bond motifs is 1. The van der Waals surface area contributed by atoms with E-state index in [0.717, 1.165) is 0 Å². The highest BCUT2D eigenvalue weighted by molar-refractivity contribution is 6.02. The zero-order valence-corrected chi connectivity index (χ0v) is 17.1. The molecule has 0 atom stereocenters. The van der Waals surface area contributed by atoms with E-state index < -0.39 is 11.9 Å². The lowest BCUT2D eigenvalue weighted by atomic mass is 10.0. The van der Waals surface area contributed by atoms with Crippen LogP contribution in [0.5, 0.6) is 0 Å². The maximum absolute atomic E-state index is 12.5. The third kappa shape index (κ3) is 4.08. The van der Waals surface area contributed by atoms with Gasteiger partial charge in [0.25, 0.3) is 0 Å². The Hall–Kier alpha value is -3.35. The van der Waals surface area contributed by atoms with E-state index in [1.165, 1.54) is 16.7 Å². The number of carbonyl (C=O) groups is 2. The Morgan fingerprint density at radius 1 is 1.00 bits per heavy atom. The fourth-order valence-corrected chi connectivity index (χ4v) is 3.25. The lowest BCUT2D eigenvalue weighted by Crippen LogP contribution is -2.15. The number of hydrogen-bond acceptors (Lipinski definition) is 6. The number of pyridine rings is 1. The number of aryl methyl sites for hydroxylation is 2. The van der Waals surface area contributed by atoms with E-state index in [-0.39, 0.29) is 24.6 Å². The first-order valence-electron chi connectivity index (χ1n) is 9.62. The van der Waals surface area contributed by atoms with E-state index in [4.69, 9.17) is 9.47 Å². The number of benzene rings is 1. The molecule has 29 heavy (non-hydrogen) atoms. The number of imidazole rings is 1. The second-order valence-corrected chi connectivity index (χ2v) is 6.59. The SMILES string of the molecule is CCOC(=O)c1nc2c(NCc3c(C)cccc3C)cccn2c1C(=O)OCC. The molecule has 0 bridgehead atoms. The summed E-state index contributed by atoms with van der Waals surface area (Å²) in [6.07, 6.45) is 1.68. The summed E-state index contributed by atoms with van der Waals surface area (Å²) in [6, 6.07) is 9.82. The highest BCUT2D eigenvalue weighted by Gasteiger charge is 2.27. The summed E-state index contributed by atoms with van der Waals surface area (Å²) >= 11 is 0. The van der Waals surface area contributed by atoms with E-state index in [9.17, 15) is 9.59 Å². The van der Waals surface area contributed by atoms with E-state index in [1.54, 1.807) is 30.5 Å². The van der Waals surface area contributed by atoms with E-state index >= 15 is 0 Å². The van der Waals surface area contributed by atoms with Crippen molar-refractivity contribution in [3.63, 3.8) is 0 Å². The van der Waals surface area contributed by atoms with E-state index in [1.807, 2.05) is 12.1 Å². The summed E-state index contributed by atoms with van der Waals surface area (Å²) in [6.45, 7) is 8.52. The van der Waals surface area contributed by atoms with E-state index in [0.29, 0.717) is 17.9 Å². The first-order chi connectivity index (χ1) is 14.0. The molecule has 1 N–H and O–H groups in total. The molecule has 0 unspecified atom stereocenters. The average Bonchev–Trinajstić information content (AvgIpc) is 3.08. The van der Waals surface area contributed by atoms with Crippen molar-refractivity contribution in [2.45, 2.75) is 34.2 Å². The third-order valence-corrected chi connectivity index (χ3v) is 4.69. The Kier molecular flexibility index (Phi) is 6.16. The van der Waals surface area contributed by atoms with Gasteiger partial charge in [-0.1, -0.05) is 18.2 Å². The number of ether oxygens (including phenoxy) is 2. The number of anilines is 1. The highest BCUT2D eigenvalue weighted by atomic mass is 16.5. The Labute approximate surface area is 169 Å². The minimum Gasteiger partial charge on any atom is -0.461 e. The maximum atomic E-state index is 12.5. The van der Waals surface area contributed by atoms with Crippen LogP contribution in [-0.2, 0) is 16.0 Å². The topological polar surface area (TPSA) is 81.9 Å². The Morgan fingerprint density at radius 3 is 2.31 bits per heavy atom.